The molecule has 0 fully saturated rings. The number of ether oxygens (including phenoxy) is 1. The SMILES string of the molecule is COc1cccc(C(=O)NCC(=O)NCCCc2ccccc2)c1. The largest absolute Gasteiger partial charge is 0.497 e. The van der Waals surface area contributed by atoms with Crippen LogP contribution in [0.5, 0.6) is 5.75 Å². The third kappa shape index (κ3) is 5.76. The van der Waals surface area contributed by atoms with E-state index in [9.17, 15) is 9.59 Å². The summed E-state index contributed by atoms with van der Waals surface area (Å²) < 4.78 is 5.07. The van der Waals surface area contributed by atoms with Crippen molar-refractivity contribution in [2.75, 3.05) is 20.2 Å². The zero-order valence-electron chi connectivity index (χ0n) is 13.7. The lowest BCUT2D eigenvalue weighted by molar-refractivity contribution is -0.120. The molecule has 126 valence electrons. The predicted octanol–water partition coefficient (Wildman–Crippen LogP) is 2.17. The Labute approximate surface area is 142 Å². The number of carbonyl (C=O) groups is 2. The second kappa shape index (κ2) is 9.35. The number of rotatable bonds is 8. The van der Waals surface area contributed by atoms with Crippen LogP contribution in [0.4, 0.5) is 0 Å². The first kappa shape index (κ1) is 17.5. The Balaban J connectivity index is 1.66. The van der Waals surface area contributed by atoms with Gasteiger partial charge < -0.3 is 15.4 Å². The highest BCUT2D eigenvalue weighted by molar-refractivity contribution is 5.96. The number of amides is 2. The average molecular weight is 326 g/mol. The first-order valence-electron chi connectivity index (χ1n) is 7.92. The number of methoxy groups -OCH3 is 1. The third-order valence-electron chi connectivity index (χ3n) is 3.55. The van der Waals surface area contributed by atoms with E-state index in [1.807, 2.05) is 18.2 Å². The van der Waals surface area contributed by atoms with Gasteiger partial charge >= 0.3 is 0 Å². The van der Waals surface area contributed by atoms with Gasteiger partial charge in [-0.3, -0.25) is 9.59 Å². The molecule has 0 heterocycles. The van der Waals surface area contributed by atoms with Gasteiger partial charge in [0.25, 0.3) is 5.91 Å². The molecule has 0 aliphatic rings. The van der Waals surface area contributed by atoms with Gasteiger partial charge in [-0.1, -0.05) is 36.4 Å². The Hall–Kier alpha value is -2.82. The minimum absolute atomic E-state index is 0.0403. The molecule has 2 aromatic carbocycles. The van der Waals surface area contributed by atoms with Gasteiger partial charge in [0.2, 0.25) is 5.91 Å². The van der Waals surface area contributed by atoms with Crippen molar-refractivity contribution in [3.63, 3.8) is 0 Å². The minimum Gasteiger partial charge on any atom is -0.497 e. The summed E-state index contributed by atoms with van der Waals surface area (Å²) in [5.41, 5.74) is 1.71. The van der Waals surface area contributed by atoms with Gasteiger partial charge in [-0.05, 0) is 36.6 Å². The van der Waals surface area contributed by atoms with Crippen LogP contribution in [0.3, 0.4) is 0 Å². The van der Waals surface area contributed by atoms with Gasteiger partial charge in [0, 0.05) is 12.1 Å². The molecule has 5 heteroatoms. The molecular weight excluding hydrogens is 304 g/mol. The Morgan fingerprint density at radius 2 is 1.79 bits per heavy atom. The maximum Gasteiger partial charge on any atom is 0.251 e. The van der Waals surface area contributed by atoms with Gasteiger partial charge in [-0.15, -0.1) is 0 Å². The molecule has 0 aliphatic carbocycles. The number of aryl methyl sites for hydroxylation is 1. The molecule has 2 aromatic rings. The molecule has 0 saturated heterocycles. The van der Waals surface area contributed by atoms with E-state index in [1.54, 1.807) is 31.4 Å². The standard InChI is InChI=1S/C19H22N2O3/c1-24-17-11-5-10-16(13-17)19(23)21-14-18(22)20-12-6-9-15-7-3-2-4-8-15/h2-5,7-8,10-11,13H,6,9,12,14H2,1H3,(H,20,22)(H,21,23). The van der Waals surface area contributed by atoms with E-state index in [-0.39, 0.29) is 18.4 Å². The summed E-state index contributed by atoms with van der Waals surface area (Å²) in [4.78, 5) is 23.7. The zero-order valence-corrected chi connectivity index (χ0v) is 13.7. The topological polar surface area (TPSA) is 67.4 Å². The molecule has 2 N–H and O–H groups in total. The van der Waals surface area contributed by atoms with E-state index in [0.717, 1.165) is 12.8 Å². The van der Waals surface area contributed by atoms with Crippen LogP contribution in [-0.4, -0.2) is 32.0 Å². The van der Waals surface area contributed by atoms with Crippen LogP contribution in [0.15, 0.2) is 54.6 Å². The fraction of sp³-hybridized carbons (Fsp3) is 0.263. The van der Waals surface area contributed by atoms with Crippen molar-refractivity contribution in [1.29, 1.82) is 0 Å². The molecular formula is C19H22N2O3. The second-order valence-corrected chi connectivity index (χ2v) is 5.35. The first-order valence-corrected chi connectivity index (χ1v) is 7.92. The monoisotopic (exact) mass is 326 g/mol. The minimum atomic E-state index is -0.298. The summed E-state index contributed by atoms with van der Waals surface area (Å²) >= 11 is 0. The molecule has 0 saturated carbocycles. The van der Waals surface area contributed by atoms with Gasteiger partial charge in [-0.2, -0.15) is 0 Å². The Morgan fingerprint density at radius 1 is 1.00 bits per heavy atom. The molecule has 24 heavy (non-hydrogen) atoms. The fourth-order valence-electron chi connectivity index (χ4n) is 2.25. The molecule has 0 atom stereocenters. The summed E-state index contributed by atoms with van der Waals surface area (Å²) in [5.74, 6) is 0.112. The second-order valence-electron chi connectivity index (χ2n) is 5.35. The Kier molecular flexibility index (Phi) is 6.83. The maximum absolute atomic E-state index is 12.0. The van der Waals surface area contributed by atoms with Gasteiger partial charge in [0.15, 0.2) is 0 Å². The number of nitrogens with one attached hydrogen (secondary N) is 2. The Morgan fingerprint density at radius 3 is 2.54 bits per heavy atom. The van der Waals surface area contributed by atoms with Crippen LogP contribution in [0.25, 0.3) is 0 Å². The zero-order chi connectivity index (χ0) is 17.2. The summed E-state index contributed by atoms with van der Waals surface area (Å²) in [6.45, 7) is 0.546. The molecule has 0 unspecified atom stereocenters. The van der Waals surface area contributed by atoms with Gasteiger partial charge in [0.05, 0.1) is 13.7 Å². The quantitative estimate of drug-likeness (QED) is 0.731. The average Bonchev–Trinajstić information content (AvgIpc) is 2.64. The first-order chi connectivity index (χ1) is 11.7. The Bertz CT molecular complexity index is 671. The van der Waals surface area contributed by atoms with Crippen molar-refractivity contribution in [3.05, 3.63) is 65.7 Å². The molecule has 0 aromatic heterocycles. The molecule has 0 aliphatic heterocycles. The maximum atomic E-state index is 12.0. The van der Waals surface area contributed by atoms with Crippen LogP contribution in [0.2, 0.25) is 0 Å². The number of benzene rings is 2. The highest BCUT2D eigenvalue weighted by Gasteiger charge is 2.08. The van der Waals surface area contributed by atoms with Crippen LogP contribution < -0.4 is 15.4 Å². The lowest BCUT2D eigenvalue weighted by atomic mass is 10.1. The highest BCUT2D eigenvalue weighted by Crippen LogP contribution is 2.12. The number of hydrogen-bond acceptors (Lipinski definition) is 3. The lowest BCUT2D eigenvalue weighted by Crippen LogP contribution is -2.37. The molecule has 0 radical (unpaired) electrons. The molecule has 0 bridgehead atoms. The van der Waals surface area contributed by atoms with Crippen molar-refractivity contribution in [1.82, 2.24) is 10.6 Å². The van der Waals surface area contributed by atoms with Gasteiger partial charge in [-0.25, -0.2) is 0 Å². The summed E-state index contributed by atoms with van der Waals surface area (Å²) in [6.07, 6.45) is 1.77. The van der Waals surface area contributed by atoms with Crippen molar-refractivity contribution < 1.29 is 14.3 Å². The molecule has 0 spiro atoms. The summed E-state index contributed by atoms with van der Waals surface area (Å²) in [7, 11) is 1.54. The van der Waals surface area contributed by atoms with E-state index in [2.05, 4.69) is 22.8 Å². The smallest absolute Gasteiger partial charge is 0.251 e. The van der Waals surface area contributed by atoms with Gasteiger partial charge in [0.1, 0.15) is 5.75 Å². The highest BCUT2D eigenvalue weighted by atomic mass is 16.5. The van der Waals surface area contributed by atoms with Crippen molar-refractivity contribution in [2.45, 2.75) is 12.8 Å². The van der Waals surface area contributed by atoms with E-state index in [4.69, 9.17) is 4.74 Å². The van der Waals surface area contributed by atoms with E-state index in [1.165, 1.54) is 5.56 Å². The molecule has 5 nitrogen and oxygen atoms in total. The van der Waals surface area contributed by atoms with E-state index < -0.39 is 0 Å². The van der Waals surface area contributed by atoms with Crippen LogP contribution >= 0.6 is 0 Å². The normalized spacial score (nSPS) is 10.0. The van der Waals surface area contributed by atoms with Crippen molar-refractivity contribution >= 4 is 11.8 Å². The van der Waals surface area contributed by atoms with Crippen LogP contribution in [-0.2, 0) is 11.2 Å². The third-order valence-corrected chi connectivity index (χ3v) is 3.55. The molecule has 2 rings (SSSR count). The van der Waals surface area contributed by atoms with Crippen LogP contribution in [0.1, 0.15) is 22.3 Å². The van der Waals surface area contributed by atoms with Crippen LogP contribution in [0, 0.1) is 0 Å². The molecule has 2 amide bonds. The fourth-order valence-corrected chi connectivity index (χ4v) is 2.25. The van der Waals surface area contributed by atoms with Crippen molar-refractivity contribution in [3.8, 4) is 5.75 Å². The van der Waals surface area contributed by atoms with E-state index in [0.29, 0.717) is 17.9 Å². The van der Waals surface area contributed by atoms with Crippen molar-refractivity contribution in [2.24, 2.45) is 0 Å². The van der Waals surface area contributed by atoms with E-state index >= 15 is 0 Å². The number of carbonyl (C=O) groups excluding carboxylic acids is 2. The lowest BCUT2D eigenvalue weighted by Gasteiger charge is -2.08. The summed E-state index contributed by atoms with van der Waals surface area (Å²) in [5, 5.41) is 5.41. The summed E-state index contributed by atoms with van der Waals surface area (Å²) in [6, 6.07) is 16.9. The predicted molar refractivity (Wildman–Crippen MR) is 93.1 cm³/mol. The number of hydrogen-bond donors (Lipinski definition) is 2.